The number of fused-ring (bicyclic) bond motifs is 1. The predicted molar refractivity (Wildman–Crippen MR) is 63.3 cm³/mol. The molecule has 0 amide bonds. The average molecular weight is 295 g/mol. The zero-order valence-electron chi connectivity index (χ0n) is 8.58. The molecule has 1 aliphatic heterocycles. The van der Waals surface area contributed by atoms with Crippen LogP contribution >= 0.6 is 15.9 Å². The van der Waals surface area contributed by atoms with E-state index in [0.29, 0.717) is 5.75 Å². The lowest BCUT2D eigenvalue weighted by molar-refractivity contribution is 0.174. The highest BCUT2D eigenvalue weighted by Gasteiger charge is 2.15. The fourth-order valence-corrected chi connectivity index (χ4v) is 1.84. The van der Waals surface area contributed by atoms with Crippen molar-refractivity contribution < 1.29 is 9.47 Å². The molecule has 2 heterocycles. The van der Waals surface area contributed by atoms with Crippen molar-refractivity contribution in [1.82, 2.24) is 14.9 Å². The third-order valence-electron chi connectivity index (χ3n) is 2.21. The summed E-state index contributed by atoms with van der Waals surface area (Å²) in [4.78, 5) is 5.17. The van der Waals surface area contributed by atoms with E-state index in [-0.39, 0.29) is 6.79 Å². The third kappa shape index (κ3) is 2.01. The lowest BCUT2D eigenvalue weighted by atomic mass is 10.2. The molecular weight excluding hydrogens is 288 g/mol. The molecule has 1 aliphatic rings. The Labute approximate surface area is 105 Å². The van der Waals surface area contributed by atoms with E-state index >= 15 is 0 Å². The van der Waals surface area contributed by atoms with Crippen LogP contribution in [0.1, 0.15) is 5.56 Å². The van der Waals surface area contributed by atoms with Gasteiger partial charge in [-0.25, -0.2) is 4.98 Å². The van der Waals surface area contributed by atoms with Crippen LogP contribution in [-0.2, 0) is 0 Å². The average Bonchev–Trinajstić information content (AvgIpc) is 2.95. The smallest absolute Gasteiger partial charge is 0.231 e. The van der Waals surface area contributed by atoms with E-state index in [9.17, 15) is 0 Å². The Hall–Kier alpha value is -1.89. The second-order valence-corrected chi connectivity index (χ2v) is 4.14. The van der Waals surface area contributed by atoms with E-state index in [0.717, 1.165) is 15.8 Å². The zero-order chi connectivity index (χ0) is 11.7. The molecular formula is C10H7BrN4O2. The molecule has 0 aliphatic carbocycles. The Balaban J connectivity index is 1.93. The molecule has 86 valence electrons. The van der Waals surface area contributed by atoms with Crippen molar-refractivity contribution in [2.75, 3.05) is 6.79 Å². The van der Waals surface area contributed by atoms with Crippen molar-refractivity contribution in [3.63, 3.8) is 0 Å². The van der Waals surface area contributed by atoms with Crippen molar-refractivity contribution in [1.29, 1.82) is 0 Å². The second-order valence-electron chi connectivity index (χ2n) is 3.29. The number of hydrogen-bond donors (Lipinski definition) is 0. The predicted octanol–water partition coefficient (Wildman–Crippen LogP) is 1.65. The Morgan fingerprint density at radius 1 is 1.35 bits per heavy atom. The summed E-state index contributed by atoms with van der Waals surface area (Å²) < 4.78 is 11.4. The fourth-order valence-electron chi connectivity index (χ4n) is 1.41. The van der Waals surface area contributed by atoms with Gasteiger partial charge in [-0.05, 0) is 28.1 Å². The van der Waals surface area contributed by atoms with Crippen molar-refractivity contribution in [2.24, 2.45) is 5.10 Å². The Kier molecular flexibility index (Phi) is 2.52. The van der Waals surface area contributed by atoms with Gasteiger partial charge in [0.15, 0.2) is 11.5 Å². The summed E-state index contributed by atoms with van der Waals surface area (Å²) in [7, 11) is 0. The quantitative estimate of drug-likeness (QED) is 0.790. The summed E-state index contributed by atoms with van der Waals surface area (Å²) in [6.45, 7) is 0.255. The van der Waals surface area contributed by atoms with E-state index in [1.54, 1.807) is 6.21 Å². The van der Waals surface area contributed by atoms with Crippen molar-refractivity contribution in [3.05, 3.63) is 34.8 Å². The van der Waals surface area contributed by atoms with Crippen molar-refractivity contribution in [2.45, 2.75) is 0 Å². The summed E-state index contributed by atoms with van der Waals surface area (Å²) in [6, 6.07) is 3.71. The first-order valence-electron chi connectivity index (χ1n) is 4.81. The molecule has 0 radical (unpaired) electrons. The molecule has 0 fully saturated rings. The molecule has 0 N–H and O–H groups in total. The van der Waals surface area contributed by atoms with Crippen molar-refractivity contribution >= 4 is 22.1 Å². The molecule has 3 rings (SSSR count). The number of aromatic nitrogens is 3. The van der Waals surface area contributed by atoms with Gasteiger partial charge < -0.3 is 9.47 Å². The molecule has 7 heteroatoms. The minimum atomic E-state index is 0.255. The lowest BCUT2D eigenvalue weighted by Gasteiger charge is -2.00. The SMILES string of the molecule is Brc1cc2c(cc1/C=N\n1cncn1)OCO2. The second kappa shape index (κ2) is 4.17. The summed E-state index contributed by atoms with van der Waals surface area (Å²) >= 11 is 3.44. The van der Waals surface area contributed by atoms with Gasteiger partial charge in [0, 0.05) is 10.0 Å². The lowest BCUT2D eigenvalue weighted by Crippen LogP contribution is -1.93. The first kappa shape index (κ1) is 10.3. The van der Waals surface area contributed by atoms with Crippen LogP contribution in [0.4, 0.5) is 0 Å². The van der Waals surface area contributed by atoms with Crippen LogP contribution in [0.3, 0.4) is 0 Å². The van der Waals surface area contributed by atoms with Gasteiger partial charge in [-0.2, -0.15) is 5.10 Å². The van der Waals surface area contributed by atoms with Crippen LogP contribution in [-0.4, -0.2) is 27.9 Å². The van der Waals surface area contributed by atoms with Gasteiger partial charge in [-0.15, -0.1) is 9.89 Å². The van der Waals surface area contributed by atoms with Crippen LogP contribution in [0.25, 0.3) is 0 Å². The largest absolute Gasteiger partial charge is 0.454 e. The Morgan fingerprint density at radius 3 is 2.94 bits per heavy atom. The first-order chi connectivity index (χ1) is 8.33. The molecule has 0 saturated heterocycles. The van der Waals surface area contributed by atoms with Crippen LogP contribution in [0.15, 0.2) is 34.4 Å². The van der Waals surface area contributed by atoms with E-state index < -0.39 is 0 Å². The molecule has 0 saturated carbocycles. The van der Waals surface area contributed by atoms with E-state index in [1.165, 1.54) is 17.4 Å². The van der Waals surface area contributed by atoms with Gasteiger partial charge in [0.25, 0.3) is 0 Å². The van der Waals surface area contributed by atoms with Gasteiger partial charge in [-0.3, -0.25) is 0 Å². The standard InChI is InChI=1S/C10H7BrN4O2/c11-8-2-10-9(16-6-17-10)1-7(8)3-13-15-5-12-4-14-15/h1-5H,6H2/b13-3-. The number of ether oxygens (including phenoxy) is 2. The first-order valence-corrected chi connectivity index (χ1v) is 5.60. The molecule has 0 spiro atoms. The monoisotopic (exact) mass is 294 g/mol. The van der Waals surface area contributed by atoms with Crippen molar-refractivity contribution in [3.8, 4) is 11.5 Å². The number of rotatable bonds is 2. The van der Waals surface area contributed by atoms with Gasteiger partial charge in [0.2, 0.25) is 6.79 Å². The van der Waals surface area contributed by atoms with E-state index in [1.807, 2.05) is 12.1 Å². The van der Waals surface area contributed by atoms with Gasteiger partial charge in [-0.1, -0.05) is 0 Å². The Morgan fingerprint density at radius 2 is 2.18 bits per heavy atom. The van der Waals surface area contributed by atoms with Gasteiger partial charge >= 0.3 is 0 Å². The summed E-state index contributed by atoms with van der Waals surface area (Å²) in [5.41, 5.74) is 0.879. The minimum Gasteiger partial charge on any atom is -0.454 e. The maximum atomic E-state index is 5.29. The zero-order valence-corrected chi connectivity index (χ0v) is 10.2. The van der Waals surface area contributed by atoms with Crippen LogP contribution in [0.2, 0.25) is 0 Å². The summed E-state index contributed by atoms with van der Waals surface area (Å²) in [6.07, 6.45) is 4.60. The molecule has 17 heavy (non-hydrogen) atoms. The third-order valence-corrected chi connectivity index (χ3v) is 2.90. The van der Waals surface area contributed by atoms with E-state index in [4.69, 9.17) is 9.47 Å². The van der Waals surface area contributed by atoms with Crippen LogP contribution in [0.5, 0.6) is 11.5 Å². The minimum absolute atomic E-state index is 0.255. The molecule has 0 bridgehead atoms. The molecule has 1 aromatic carbocycles. The summed E-state index contributed by atoms with van der Waals surface area (Å²) in [5.74, 6) is 1.45. The molecule has 2 aromatic rings. The van der Waals surface area contributed by atoms with Gasteiger partial charge in [0.1, 0.15) is 12.7 Å². The maximum absolute atomic E-state index is 5.29. The highest BCUT2D eigenvalue weighted by molar-refractivity contribution is 9.10. The van der Waals surface area contributed by atoms with Crippen LogP contribution < -0.4 is 9.47 Å². The fraction of sp³-hybridized carbons (Fsp3) is 0.100. The number of hydrogen-bond acceptors (Lipinski definition) is 5. The number of benzene rings is 1. The maximum Gasteiger partial charge on any atom is 0.231 e. The molecule has 0 unspecified atom stereocenters. The topological polar surface area (TPSA) is 61.5 Å². The number of nitrogens with zero attached hydrogens (tertiary/aromatic N) is 4. The summed E-state index contributed by atoms with van der Waals surface area (Å²) in [5, 5.41) is 7.98. The van der Waals surface area contributed by atoms with Crippen LogP contribution in [0, 0.1) is 0 Å². The molecule has 6 nitrogen and oxygen atoms in total. The molecule has 0 atom stereocenters. The Bertz CT molecular complexity index is 568. The van der Waals surface area contributed by atoms with E-state index in [2.05, 4.69) is 31.1 Å². The highest BCUT2D eigenvalue weighted by atomic mass is 79.9. The highest BCUT2D eigenvalue weighted by Crippen LogP contribution is 2.36. The normalized spacial score (nSPS) is 13.5. The molecule has 1 aromatic heterocycles. The van der Waals surface area contributed by atoms with Gasteiger partial charge in [0.05, 0.1) is 6.21 Å². The number of halogens is 1.